The van der Waals surface area contributed by atoms with Crippen molar-refractivity contribution in [1.29, 1.82) is 0 Å². The predicted octanol–water partition coefficient (Wildman–Crippen LogP) is 0.645. The summed E-state index contributed by atoms with van der Waals surface area (Å²) in [6.07, 6.45) is 0. The van der Waals surface area contributed by atoms with Crippen molar-refractivity contribution in [3.05, 3.63) is 11.5 Å². The van der Waals surface area contributed by atoms with Gasteiger partial charge in [-0.1, -0.05) is 0 Å². The van der Waals surface area contributed by atoms with E-state index in [1.165, 1.54) is 14.2 Å². The van der Waals surface area contributed by atoms with E-state index in [4.69, 9.17) is 9.31 Å². The maximum absolute atomic E-state index is 14.3. The lowest BCUT2D eigenvalue weighted by atomic mass is 9.84. The Bertz CT molecular complexity index is 540. The summed E-state index contributed by atoms with van der Waals surface area (Å²) in [5, 5.41) is 3.98. The minimum atomic E-state index is -0.954. The Hall–Kier alpha value is -1.41. The van der Waals surface area contributed by atoms with E-state index >= 15 is 0 Å². The molecule has 0 N–H and O–H groups in total. The first kappa shape index (κ1) is 15.0. The average molecular weight is 284 g/mol. The van der Waals surface area contributed by atoms with Crippen molar-refractivity contribution < 1.29 is 23.2 Å². The Morgan fingerprint density at radius 2 is 1.80 bits per heavy atom. The van der Waals surface area contributed by atoms with Gasteiger partial charge in [0, 0.05) is 7.05 Å². The number of nitrogens with zero attached hydrogens (tertiary/aromatic N) is 2. The number of halogens is 1. The van der Waals surface area contributed by atoms with Crippen molar-refractivity contribution in [3.63, 3.8) is 0 Å². The molecule has 1 saturated heterocycles. The van der Waals surface area contributed by atoms with Crippen molar-refractivity contribution in [2.75, 3.05) is 7.11 Å². The summed E-state index contributed by atoms with van der Waals surface area (Å²) in [5.41, 5.74) is -1.51. The molecule has 0 unspecified atom stereocenters. The zero-order valence-corrected chi connectivity index (χ0v) is 12.5. The first-order valence-electron chi connectivity index (χ1n) is 6.27. The van der Waals surface area contributed by atoms with E-state index in [-0.39, 0.29) is 11.3 Å². The van der Waals surface area contributed by atoms with Gasteiger partial charge in [-0.05, 0) is 27.7 Å². The van der Waals surface area contributed by atoms with E-state index in [9.17, 15) is 9.18 Å². The fourth-order valence-electron chi connectivity index (χ4n) is 1.94. The number of aromatic nitrogens is 2. The lowest BCUT2D eigenvalue weighted by Gasteiger charge is -2.32. The number of carbonyl (C=O) groups excluding carboxylic acids is 1. The highest BCUT2D eigenvalue weighted by atomic mass is 19.1. The zero-order valence-electron chi connectivity index (χ0n) is 12.5. The van der Waals surface area contributed by atoms with Crippen LogP contribution in [-0.2, 0) is 21.1 Å². The highest BCUT2D eigenvalue weighted by molar-refractivity contribution is 6.61. The van der Waals surface area contributed by atoms with Gasteiger partial charge in [0.1, 0.15) is 5.59 Å². The van der Waals surface area contributed by atoms with Crippen LogP contribution in [0.25, 0.3) is 0 Å². The van der Waals surface area contributed by atoms with Gasteiger partial charge in [0.05, 0.1) is 18.3 Å². The molecule has 2 rings (SSSR count). The van der Waals surface area contributed by atoms with Crippen molar-refractivity contribution in [1.82, 2.24) is 9.78 Å². The number of esters is 1. The minimum absolute atomic E-state index is 0.0495. The average Bonchev–Trinajstić information content (AvgIpc) is 2.73. The van der Waals surface area contributed by atoms with Gasteiger partial charge in [0.15, 0.2) is 11.5 Å². The summed E-state index contributed by atoms with van der Waals surface area (Å²) < 4.78 is 31.4. The summed E-state index contributed by atoms with van der Waals surface area (Å²) in [5.74, 6) is -1.57. The molecule has 0 amide bonds. The molecule has 2 heterocycles. The van der Waals surface area contributed by atoms with Crippen molar-refractivity contribution in [2.45, 2.75) is 38.9 Å². The van der Waals surface area contributed by atoms with Gasteiger partial charge in [-0.2, -0.15) is 5.10 Å². The van der Waals surface area contributed by atoms with E-state index < -0.39 is 30.1 Å². The van der Waals surface area contributed by atoms with Crippen LogP contribution < -0.4 is 5.59 Å². The van der Waals surface area contributed by atoms with Gasteiger partial charge >= 0.3 is 13.1 Å². The van der Waals surface area contributed by atoms with Crippen LogP contribution >= 0.6 is 0 Å². The molecule has 20 heavy (non-hydrogen) atoms. The van der Waals surface area contributed by atoms with Crippen LogP contribution in [0.3, 0.4) is 0 Å². The van der Waals surface area contributed by atoms with Gasteiger partial charge in [-0.15, -0.1) is 0 Å². The molecule has 8 heteroatoms. The number of methoxy groups -OCH3 is 1. The number of ether oxygens (including phenoxy) is 1. The molecule has 1 fully saturated rings. The SMILES string of the molecule is COC(=O)c1c(F)c(B2OC(C)(C)C(C)(C)O2)nn1C. The molecule has 0 atom stereocenters. The molecule has 0 saturated carbocycles. The Kier molecular flexibility index (Phi) is 3.42. The van der Waals surface area contributed by atoms with Gasteiger partial charge in [-0.3, -0.25) is 4.68 Å². The van der Waals surface area contributed by atoms with E-state index in [1.807, 2.05) is 27.7 Å². The number of hydrogen-bond donors (Lipinski definition) is 0. The number of rotatable bonds is 2. The highest BCUT2D eigenvalue weighted by Crippen LogP contribution is 2.36. The Morgan fingerprint density at radius 1 is 1.30 bits per heavy atom. The minimum Gasteiger partial charge on any atom is -0.464 e. The van der Waals surface area contributed by atoms with E-state index in [1.54, 1.807) is 0 Å². The van der Waals surface area contributed by atoms with E-state index in [0.29, 0.717) is 0 Å². The molecule has 110 valence electrons. The molecule has 0 aliphatic carbocycles. The molecule has 1 aliphatic rings. The van der Waals surface area contributed by atoms with Gasteiger partial charge < -0.3 is 14.0 Å². The van der Waals surface area contributed by atoms with Crippen molar-refractivity contribution in [3.8, 4) is 0 Å². The van der Waals surface area contributed by atoms with Crippen molar-refractivity contribution >= 4 is 18.7 Å². The normalized spacial score (nSPS) is 20.2. The van der Waals surface area contributed by atoms with Gasteiger partial charge in [0.25, 0.3) is 0 Å². The topological polar surface area (TPSA) is 62.6 Å². The first-order chi connectivity index (χ1) is 9.10. The Labute approximate surface area is 117 Å². The number of carbonyl (C=O) groups is 1. The highest BCUT2D eigenvalue weighted by Gasteiger charge is 2.54. The standard InChI is InChI=1S/C12H18BFN2O4/c1-11(2)12(3,4)20-13(19-11)9-7(14)8(10(17)18-6)16(5)15-9/h1-6H3. The third-order valence-electron chi connectivity index (χ3n) is 3.87. The molecular formula is C12H18BFN2O4. The molecule has 1 aromatic heterocycles. The summed E-state index contributed by atoms with van der Waals surface area (Å²) in [4.78, 5) is 11.5. The molecule has 6 nitrogen and oxygen atoms in total. The van der Waals surface area contributed by atoms with Crippen LogP contribution in [0.1, 0.15) is 38.2 Å². The van der Waals surface area contributed by atoms with Gasteiger partial charge in [0.2, 0.25) is 0 Å². The lowest BCUT2D eigenvalue weighted by molar-refractivity contribution is 0.00578. The maximum Gasteiger partial charge on any atom is 0.519 e. The quantitative estimate of drug-likeness (QED) is 0.589. The molecule has 1 aromatic rings. The van der Waals surface area contributed by atoms with E-state index in [0.717, 1.165) is 4.68 Å². The third kappa shape index (κ3) is 2.12. The second kappa shape index (κ2) is 4.56. The molecular weight excluding hydrogens is 266 g/mol. The van der Waals surface area contributed by atoms with Crippen LogP contribution in [0.15, 0.2) is 0 Å². The van der Waals surface area contributed by atoms with E-state index in [2.05, 4.69) is 9.84 Å². The number of aryl methyl sites for hydroxylation is 1. The Morgan fingerprint density at radius 3 is 2.25 bits per heavy atom. The molecule has 0 radical (unpaired) electrons. The van der Waals surface area contributed by atoms with Crippen LogP contribution in [0.4, 0.5) is 4.39 Å². The maximum atomic E-state index is 14.3. The molecule has 0 aromatic carbocycles. The lowest BCUT2D eigenvalue weighted by Crippen LogP contribution is -2.41. The van der Waals surface area contributed by atoms with Crippen molar-refractivity contribution in [2.24, 2.45) is 7.05 Å². The van der Waals surface area contributed by atoms with Crippen LogP contribution in [0, 0.1) is 5.82 Å². The summed E-state index contributed by atoms with van der Waals surface area (Å²) in [7, 11) is 1.69. The second-order valence-corrected chi connectivity index (χ2v) is 5.75. The summed E-state index contributed by atoms with van der Waals surface area (Å²) >= 11 is 0. The second-order valence-electron chi connectivity index (χ2n) is 5.75. The van der Waals surface area contributed by atoms with Crippen LogP contribution in [0.5, 0.6) is 0 Å². The van der Waals surface area contributed by atoms with Gasteiger partial charge in [-0.25, -0.2) is 9.18 Å². The fraction of sp³-hybridized carbons (Fsp3) is 0.667. The smallest absolute Gasteiger partial charge is 0.464 e. The largest absolute Gasteiger partial charge is 0.519 e. The molecule has 1 aliphatic heterocycles. The predicted molar refractivity (Wildman–Crippen MR) is 70.2 cm³/mol. The zero-order chi connectivity index (χ0) is 15.3. The van der Waals surface area contributed by atoms with Crippen LogP contribution in [-0.4, -0.2) is 41.2 Å². The van der Waals surface area contributed by atoms with Crippen LogP contribution in [0.2, 0.25) is 0 Å². The third-order valence-corrected chi connectivity index (χ3v) is 3.87. The Balaban J connectivity index is 2.40. The molecule has 0 bridgehead atoms. The first-order valence-corrected chi connectivity index (χ1v) is 6.27. The summed E-state index contributed by atoms with van der Waals surface area (Å²) in [6, 6.07) is 0. The fourth-order valence-corrected chi connectivity index (χ4v) is 1.94. The molecule has 0 spiro atoms. The monoisotopic (exact) mass is 284 g/mol. The summed E-state index contributed by atoms with van der Waals surface area (Å²) in [6.45, 7) is 7.42. The number of hydrogen-bond acceptors (Lipinski definition) is 5.